The minimum absolute atomic E-state index is 0.0646. The molecule has 1 aromatic heterocycles. The van der Waals surface area contributed by atoms with Gasteiger partial charge < -0.3 is 14.8 Å². The van der Waals surface area contributed by atoms with Crippen molar-refractivity contribution in [3.63, 3.8) is 0 Å². The molecule has 1 N–H and O–H groups in total. The Morgan fingerprint density at radius 2 is 1.52 bits per heavy atom. The van der Waals surface area contributed by atoms with Crippen molar-refractivity contribution in [3.8, 4) is 5.75 Å². The summed E-state index contributed by atoms with van der Waals surface area (Å²) in [5, 5.41) is 2.11. The highest BCUT2D eigenvalue weighted by Crippen LogP contribution is 2.32. The van der Waals surface area contributed by atoms with E-state index in [1.54, 1.807) is 0 Å². The van der Waals surface area contributed by atoms with E-state index in [-0.39, 0.29) is 9.21 Å². The van der Waals surface area contributed by atoms with Crippen molar-refractivity contribution in [2.24, 2.45) is 0 Å². The van der Waals surface area contributed by atoms with Gasteiger partial charge in [0.25, 0.3) is 0 Å². The third-order valence-electron chi connectivity index (χ3n) is 3.15. The molecule has 1 aromatic carbocycles. The molecule has 12 heteroatoms. The number of carbonyl (C=O) groups is 2. The third-order valence-corrected chi connectivity index (χ3v) is 4.44. The molecule has 1 atom stereocenters. The van der Waals surface area contributed by atoms with Gasteiger partial charge in [0.05, 0.1) is 4.34 Å². The largest absolute Gasteiger partial charge is 0.444 e. The Hall–Kier alpha value is -2.40. The lowest BCUT2D eigenvalue weighted by Gasteiger charge is -2.22. The van der Waals surface area contributed by atoms with Crippen molar-refractivity contribution >= 4 is 35.0 Å². The van der Waals surface area contributed by atoms with E-state index in [4.69, 9.17) is 16.3 Å². The highest BCUT2D eigenvalue weighted by atomic mass is 35.5. The van der Waals surface area contributed by atoms with E-state index < -0.39 is 58.5 Å². The lowest BCUT2D eigenvalue weighted by atomic mass is 10.2. The van der Waals surface area contributed by atoms with Gasteiger partial charge in [0, 0.05) is 4.88 Å². The number of rotatable bonds is 4. The Bertz CT molecular complexity index is 931. The fourth-order valence-electron chi connectivity index (χ4n) is 1.99. The summed E-state index contributed by atoms with van der Waals surface area (Å²) < 4.78 is 76.9. The highest BCUT2D eigenvalue weighted by molar-refractivity contribution is 7.16. The van der Waals surface area contributed by atoms with Crippen LogP contribution in [0.15, 0.2) is 12.1 Å². The maximum atomic E-state index is 13.8. The lowest BCUT2D eigenvalue weighted by Crippen LogP contribution is -2.39. The molecule has 0 bridgehead atoms. The van der Waals surface area contributed by atoms with Crippen LogP contribution in [0.25, 0.3) is 0 Å². The van der Waals surface area contributed by atoms with E-state index in [1.165, 1.54) is 32.9 Å². The monoisotopic (exact) mass is 457 g/mol. The first-order chi connectivity index (χ1) is 13.3. The van der Waals surface area contributed by atoms with Gasteiger partial charge in [-0.15, -0.1) is 11.3 Å². The molecule has 0 saturated heterocycles. The summed E-state index contributed by atoms with van der Waals surface area (Å²) >= 11 is 6.59. The van der Waals surface area contributed by atoms with Crippen molar-refractivity contribution in [2.45, 2.75) is 32.4 Å². The fraction of sp³-hybridized carbons (Fsp3) is 0.294. The summed E-state index contributed by atoms with van der Waals surface area (Å²) in [6.07, 6.45) is -1.10. The number of thiophene rings is 1. The molecule has 1 unspecified atom stereocenters. The number of alkyl carbamates (subject to hydrolysis) is 1. The molecule has 0 fully saturated rings. The molecule has 0 spiro atoms. The van der Waals surface area contributed by atoms with Crippen LogP contribution < -0.4 is 10.1 Å². The van der Waals surface area contributed by atoms with Gasteiger partial charge in [0.15, 0.2) is 6.04 Å². The zero-order valence-electron chi connectivity index (χ0n) is 15.0. The standard InChI is InChI=1S/C17H13ClF5NO4S/c1-17(2,3)28-16(26)24-13(6-4-5-7(18)29-6)15(25)27-14-11(22)9(20)8(19)10(21)12(14)23/h4-5,13H,1-3H3,(H,24,26). The fourth-order valence-corrected chi connectivity index (χ4v) is 3.09. The van der Waals surface area contributed by atoms with Gasteiger partial charge in [-0.25, -0.2) is 22.8 Å². The van der Waals surface area contributed by atoms with E-state index in [9.17, 15) is 31.5 Å². The van der Waals surface area contributed by atoms with Crippen molar-refractivity contribution in [1.29, 1.82) is 0 Å². The quantitative estimate of drug-likeness (QED) is 0.223. The zero-order valence-corrected chi connectivity index (χ0v) is 16.6. The predicted octanol–water partition coefficient (Wildman–Crippen LogP) is 5.27. The lowest BCUT2D eigenvalue weighted by molar-refractivity contribution is -0.137. The maximum absolute atomic E-state index is 13.8. The van der Waals surface area contributed by atoms with Crippen LogP contribution >= 0.6 is 22.9 Å². The number of amides is 1. The molecule has 2 aromatic rings. The number of ether oxygens (including phenoxy) is 2. The Morgan fingerprint density at radius 1 is 1.00 bits per heavy atom. The van der Waals surface area contributed by atoms with Gasteiger partial charge >= 0.3 is 12.1 Å². The number of esters is 1. The zero-order chi connectivity index (χ0) is 22.1. The topological polar surface area (TPSA) is 64.6 Å². The number of benzene rings is 1. The van der Waals surface area contributed by atoms with E-state index in [0.29, 0.717) is 0 Å². The molecule has 0 aliphatic rings. The summed E-state index contributed by atoms with van der Waals surface area (Å²) in [5.74, 6) is -15.0. The molecule has 158 valence electrons. The SMILES string of the molecule is CC(C)(C)OC(=O)NC(C(=O)Oc1c(F)c(F)c(F)c(F)c1F)c1ccc(Cl)s1. The molecule has 1 amide bonds. The molecule has 29 heavy (non-hydrogen) atoms. The molecule has 0 aliphatic carbocycles. The predicted molar refractivity (Wildman–Crippen MR) is 93.3 cm³/mol. The first kappa shape index (κ1) is 22.9. The van der Waals surface area contributed by atoms with Crippen molar-refractivity contribution in [2.75, 3.05) is 0 Å². The van der Waals surface area contributed by atoms with Gasteiger partial charge in [0.2, 0.25) is 34.8 Å². The number of halogens is 6. The van der Waals surface area contributed by atoms with Crippen molar-refractivity contribution in [1.82, 2.24) is 5.32 Å². The third kappa shape index (κ3) is 5.36. The summed E-state index contributed by atoms with van der Waals surface area (Å²) in [6, 6.07) is 0.962. The molecule has 1 heterocycles. The first-order valence-corrected chi connectivity index (χ1v) is 8.99. The minimum Gasteiger partial charge on any atom is -0.444 e. The van der Waals surface area contributed by atoms with Crippen LogP contribution in [0.1, 0.15) is 31.7 Å². The van der Waals surface area contributed by atoms with E-state index in [0.717, 1.165) is 11.3 Å². The summed E-state index contributed by atoms with van der Waals surface area (Å²) in [7, 11) is 0. The second-order valence-corrected chi connectivity index (χ2v) is 8.29. The smallest absolute Gasteiger partial charge is 0.408 e. The van der Waals surface area contributed by atoms with Crippen molar-refractivity contribution < 1.29 is 41.0 Å². The van der Waals surface area contributed by atoms with Gasteiger partial charge in [-0.3, -0.25) is 0 Å². The average Bonchev–Trinajstić information content (AvgIpc) is 3.04. The molecule has 0 saturated carbocycles. The first-order valence-electron chi connectivity index (χ1n) is 7.79. The maximum Gasteiger partial charge on any atom is 0.408 e. The van der Waals surface area contributed by atoms with Gasteiger partial charge in [0.1, 0.15) is 5.60 Å². The van der Waals surface area contributed by atoms with Crippen LogP contribution in [0.4, 0.5) is 26.7 Å². The molecular formula is C17H13ClF5NO4S. The average molecular weight is 458 g/mol. The summed E-state index contributed by atoms with van der Waals surface area (Å²) in [5.41, 5.74) is -0.951. The minimum atomic E-state index is -2.41. The number of hydrogen-bond acceptors (Lipinski definition) is 5. The molecule has 0 radical (unpaired) electrons. The van der Waals surface area contributed by atoms with Crippen LogP contribution in [-0.4, -0.2) is 17.7 Å². The summed E-state index contributed by atoms with van der Waals surface area (Å²) in [4.78, 5) is 24.5. The Morgan fingerprint density at radius 3 is 1.97 bits per heavy atom. The van der Waals surface area contributed by atoms with E-state index in [2.05, 4.69) is 10.1 Å². The van der Waals surface area contributed by atoms with Crippen molar-refractivity contribution in [3.05, 3.63) is 50.4 Å². The van der Waals surface area contributed by atoms with Crippen LogP contribution in [0.5, 0.6) is 5.75 Å². The van der Waals surface area contributed by atoms with E-state index >= 15 is 0 Å². The molecule has 2 rings (SSSR count). The van der Waals surface area contributed by atoms with Gasteiger partial charge in [-0.05, 0) is 32.9 Å². The second-order valence-electron chi connectivity index (χ2n) is 6.54. The number of hydrogen-bond donors (Lipinski definition) is 1. The van der Waals surface area contributed by atoms with Crippen LogP contribution in [-0.2, 0) is 9.53 Å². The molecular weight excluding hydrogens is 445 g/mol. The molecule has 0 aliphatic heterocycles. The summed E-state index contributed by atoms with van der Waals surface area (Å²) in [6.45, 7) is 4.62. The van der Waals surface area contributed by atoms with Crippen LogP contribution in [0, 0.1) is 29.1 Å². The number of carbonyl (C=O) groups excluding carboxylic acids is 2. The highest BCUT2D eigenvalue weighted by Gasteiger charge is 2.33. The Balaban J connectivity index is 2.37. The van der Waals surface area contributed by atoms with Crippen LogP contribution in [0.3, 0.4) is 0 Å². The van der Waals surface area contributed by atoms with E-state index in [1.807, 2.05) is 0 Å². The van der Waals surface area contributed by atoms with Gasteiger partial charge in [-0.1, -0.05) is 11.6 Å². The van der Waals surface area contributed by atoms with Gasteiger partial charge in [-0.2, -0.15) is 8.78 Å². The normalized spacial score (nSPS) is 12.4. The second kappa shape index (κ2) is 8.54. The Kier molecular flexibility index (Phi) is 6.74. The molecule has 5 nitrogen and oxygen atoms in total. The number of nitrogens with one attached hydrogen (secondary N) is 1. The Labute approximate surface area is 170 Å². The van der Waals surface area contributed by atoms with Crippen LogP contribution in [0.2, 0.25) is 4.34 Å².